The Hall–Kier alpha value is -3.19. The zero-order valence-electron chi connectivity index (χ0n) is 16.1. The van der Waals surface area contributed by atoms with Gasteiger partial charge in [-0.15, -0.1) is 0 Å². The van der Waals surface area contributed by atoms with Crippen LogP contribution in [0, 0.1) is 5.82 Å². The van der Waals surface area contributed by atoms with E-state index in [9.17, 15) is 9.18 Å². The lowest BCUT2D eigenvalue weighted by molar-refractivity contribution is 0.0943. The molecule has 1 amide bonds. The van der Waals surface area contributed by atoms with Crippen LogP contribution in [0.3, 0.4) is 0 Å². The number of nitrogens with one attached hydrogen (secondary N) is 1. The molecule has 2 aromatic carbocycles. The van der Waals surface area contributed by atoms with E-state index in [0.29, 0.717) is 41.5 Å². The molecular weight excluding hydrogens is 359 g/mol. The van der Waals surface area contributed by atoms with Crippen LogP contribution < -0.4 is 10.1 Å². The number of likely N-dealkylation sites (N-methyl/N-ethyl adjacent to an activating group) is 1. The summed E-state index contributed by atoms with van der Waals surface area (Å²) in [4.78, 5) is 14.7. The van der Waals surface area contributed by atoms with E-state index in [-0.39, 0.29) is 11.7 Å². The topological polar surface area (TPSA) is 59.4 Å². The first-order chi connectivity index (χ1) is 13.5. The SMILES string of the molecule is COc1ccc(-n2nc(-c3ccccc3F)cc2C(=O)NCCN(C)C)cc1. The third-order valence-electron chi connectivity index (χ3n) is 4.25. The molecule has 146 valence electrons. The molecule has 0 radical (unpaired) electrons. The molecule has 1 N–H and O–H groups in total. The third-order valence-corrected chi connectivity index (χ3v) is 4.25. The highest BCUT2D eigenvalue weighted by Crippen LogP contribution is 2.25. The molecule has 0 saturated carbocycles. The second-order valence-electron chi connectivity index (χ2n) is 6.56. The van der Waals surface area contributed by atoms with Gasteiger partial charge in [0.1, 0.15) is 17.3 Å². The van der Waals surface area contributed by atoms with Gasteiger partial charge in [-0.3, -0.25) is 4.79 Å². The minimum Gasteiger partial charge on any atom is -0.497 e. The number of nitrogens with zero attached hydrogens (tertiary/aromatic N) is 3. The lowest BCUT2D eigenvalue weighted by Crippen LogP contribution is -2.32. The molecule has 28 heavy (non-hydrogen) atoms. The fraction of sp³-hybridized carbons (Fsp3) is 0.238. The van der Waals surface area contributed by atoms with Crippen LogP contribution in [0.2, 0.25) is 0 Å². The van der Waals surface area contributed by atoms with E-state index >= 15 is 0 Å². The quantitative estimate of drug-likeness (QED) is 0.683. The van der Waals surface area contributed by atoms with Crippen molar-refractivity contribution in [3.63, 3.8) is 0 Å². The summed E-state index contributed by atoms with van der Waals surface area (Å²) in [5.74, 6) is 0.0384. The number of carbonyl (C=O) groups is 1. The maximum absolute atomic E-state index is 14.2. The lowest BCUT2D eigenvalue weighted by atomic mass is 10.1. The molecule has 0 spiro atoms. The normalized spacial score (nSPS) is 10.9. The molecule has 0 atom stereocenters. The Kier molecular flexibility index (Phi) is 6.06. The summed E-state index contributed by atoms with van der Waals surface area (Å²) in [5, 5.41) is 7.38. The van der Waals surface area contributed by atoms with Crippen molar-refractivity contribution in [3.05, 3.63) is 66.1 Å². The fourth-order valence-corrected chi connectivity index (χ4v) is 2.75. The van der Waals surface area contributed by atoms with Gasteiger partial charge in [-0.05, 0) is 56.6 Å². The van der Waals surface area contributed by atoms with E-state index in [1.54, 1.807) is 55.6 Å². The van der Waals surface area contributed by atoms with Gasteiger partial charge in [0.15, 0.2) is 0 Å². The van der Waals surface area contributed by atoms with Crippen molar-refractivity contribution in [2.75, 3.05) is 34.3 Å². The van der Waals surface area contributed by atoms with E-state index in [1.807, 2.05) is 19.0 Å². The van der Waals surface area contributed by atoms with Gasteiger partial charge < -0.3 is 15.0 Å². The number of methoxy groups -OCH3 is 1. The van der Waals surface area contributed by atoms with Crippen molar-refractivity contribution in [1.29, 1.82) is 0 Å². The molecule has 0 unspecified atom stereocenters. The van der Waals surface area contributed by atoms with Crippen molar-refractivity contribution in [2.24, 2.45) is 0 Å². The molecular formula is C21H23FN4O2. The Morgan fingerprint density at radius 2 is 1.89 bits per heavy atom. The Labute approximate surface area is 163 Å². The summed E-state index contributed by atoms with van der Waals surface area (Å²) in [6.07, 6.45) is 0. The molecule has 0 bridgehead atoms. The first-order valence-electron chi connectivity index (χ1n) is 8.92. The largest absolute Gasteiger partial charge is 0.497 e. The average molecular weight is 382 g/mol. The standard InChI is InChI=1S/C21H23FN4O2/c1-25(2)13-12-23-21(27)20-14-19(17-6-4-5-7-18(17)22)24-26(20)15-8-10-16(28-3)11-9-15/h4-11,14H,12-13H2,1-3H3,(H,23,27). The van der Waals surface area contributed by atoms with Gasteiger partial charge in [-0.1, -0.05) is 12.1 Å². The first kappa shape index (κ1) is 19.6. The highest BCUT2D eigenvalue weighted by molar-refractivity contribution is 5.94. The number of rotatable bonds is 7. The molecule has 0 saturated heterocycles. The van der Waals surface area contributed by atoms with Crippen LogP contribution in [0.1, 0.15) is 10.5 Å². The van der Waals surface area contributed by atoms with Crippen LogP contribution in [-0.2, 0) is 0 Å². The van der Waals surface area contributed by atoms with E-state index in [0.717, 1.165) is 0 Å². The number of hydrogen-bond acceptors (Lipinski definition) is 4. The van der Waals surface area contributed by atoms with Gasteiger partial charge in [-0.2, -0.15) is 5.10 Å². The number of aromatic nitrogens is 2. The van der Waals surface area contributed by atoms with E-state index in [1.165, 1.54) is 10.7 Å². The molecule has 3 aromatic rings. The Morgan fingerprint density at radius 3 is 2.54 bits per heavy atom. The van der Waals surface area contributed by atoms with E-state index in [2.05, 4.69) is 10.4 Å². The number of hydrogen-bond donors (Lipinski definition) is 1. The number of halogens is 1. The highest BCUT2D eigenvalue weighted by atomic mass is 19.1. The molecule has 0 aliphatic heterocycles. The van der Waals surface area contributed by atoms with Crippen molar-refractivity contribution < 1.29 is 13.9 Å². The molecule has 0 aliphatic carbocycles. The van der Waals surface area contributed by atoms with Crippen LogP contribution in [0.4, 0.5) is 4.39 Å². The van der Waals surface area contributed by atoms with Crippen molar-refractivity contribution in [1.82, 2.24) is 20.0 Å². The van der Waals surface area contributed by atoms with Crippen molar-refractivity contribution >= 4 is 5.91 Å². The van der Waals surface area contributed by atoms with Crippen LogP contribution in [0.15, 0.2) is 54.6 Å². The van der Waals surface area contributed by atoms with Crippen LogP contribution >= 0.6 is 0 Å². The predicted octanol–water partition coefficient (Wildman–Crippen LogP) is 2.98. The Bertz CT molecular complexity index is 951. The monoisotopic (exact) mass is 382 g/mol. The number of amides is 1. The summed E-state index contributed by atoms with van der Waals surface area (Å²) < 4.78 is 20.9. The van der Waals surface area contributed by atoms with Gasteiger partial charge in [0, 0.05) is 18.7 Å². The second kappa shape index (κ2) is 8.67. The lowest BCUT2D eigenvalue weighted by Gasteiger charge is -2.11. The van der Waals surface area contributed by atoms with E-state index < -0.39 is 0 Å². The molecule has 7 heteroatoms. The average Bonchev–Trinajstić information content (AvgIpc) is 3.13. The fourth-order valence-electron chi connectivity index (χ4n) is 2.75. The number of carbonyl (C=O) groups excluding carboxylic acids is 1. The maximum Gasteiger partial charge on any atom is 0.270 e. The zero-order valence-corrected chi connectivity index (χ0v) is 16.1. The molecule has 3 rings (SSSR count). The molecule has 1 heterocycles. The summed E-state index contributed by atoms with van der Waals surface area (Å²) in [5.41, 5.74) is 1.76. The van der Waals surface area contributed by atoms with Gasteiger partial charge in [0.2, 0.25) is 0 Å². The molecule has 1 aromatic heterocycles. The Balaban J connectivity index is 2.00. The minimum absolute atomic E-state index is 0.271. The summed E-state index contributed by atoms with van der Waals surface area (Å²) >= 11 is 0. The third kappa shape index (κ3) is 4.37. The number of benzene rings is 2. The van der Waals surface area contributed by atoms with Gasteiger partial charge >= 0.3 is 0 Å². The minimum atomic E-state index is -0.388. The van der Waals surface area contributed by atoms with Gasteiger partial charge in [0.25, 0.3) is 5.91 Å². The molecule has 0 aliphatic rings. The molecule has 6 nitrogen and oxygen atoms in total. The summed E-state index contributed by atoms with van der Waals surface area (Å²) in [6.45, 7) is 1.21. The van der Waals surface area contributed by atoms with Crippen LogP contribution in [-0.4, -0.2) is 54.9 Å². The van der Waals surface area contributed by atoms with Crippen molar-refractivity contribution in [3.8, 4) is 22.7 Å². The Morgan fingerprint density at radius 1 is 1.18 bits per heavy atom. The summed E-state index contributed by atoms with van der Waals surface area (Å²) in [7, 11) is 5.46. The van der Waals surface area contributed by atoms with Crippen LogP contribution in [0.25, 0.3) is 16.9 Å². The van der Waals surface area contributed by atoms with E-state index in [4.69, 9.17) is 4.74 Å². The number of ether oxygens (including phenoxy) is 1. The maximum atomic E-state index is 14.2. The highest BCUT2D eigenvalue weighted by Gasteiger charge is 2.19. The van der Waals surface area contributed by atoms with Crippen LogP contribution in [0.5, 0.6) is 5.75 Å². The van der Waals surface area contributed by atoms with Crippen molar-refractivity contribution in [2.45, 2.75) is 0 Å². The predicted molar refractivity (Wildman–Crippen MR) is 106 cm³/mol. The second-order valence-corrected chi connectivity index (χ2v) is 6.56. The zero-order chi connectivity index (χ0) is 20.1. The molecule has 0 fully saturated rings. The first-order valence-corrected chi connectivity index (χ1v) is 8.92. The van der Waals surface area contributed by atoms with Gasteiger partial charge in [-0.25, -0.2) is 9.07 Å². The smallest absolute Gasteiger partial charge is 0.270 e. The van der Waals surface area contributed by atoms with Gasteiger partial charge in [0.05, 0.1) is 18.5 Å². The summed E-state index contributed by atoms with van der Waals surface area (Å²) in [6, 6.07) is 15.1.